The van der Waals surface area contributed by atoms with Crippen molar-refractivity contribution in [3.05, 3.63) is 65.7 Å². The second kappa shape index (κ2) is 6.43. The molecule has 1 saturated heterocycles. The van der Waals surface area contributed by atoms with Gasteiger partial charge in [0.2, 0.25) is 5.91 Å². The maximum Gasteiger partial charge on any atom is 0.338 e. The second-order valence-electron chi connectivity index (χ2n) is 5.26. The summed E-state index contributed by atoms with van der Waals surface area (Å²) in [6.45, 7) is 0.952. The molecule has 2 aromatic rings. The predicted molar refractivity (Wildman–Crippen MR) is 83.6 cm³/mol. The summed E-state index contributed by atoms with van der Waals surface area (Å²) in [7, 11) is 0. The van der Waals surface area contributed by atoms with Crippen LogP contribution in [0.15, 0.2) is 54.6 Å². The van der Waals surface area contributed by atoms with E-state index < -0.39 is 0 Å². The normalized spacial score (nSPS) is 14.2. The molecule has 0 aromatic heterocycles. The lowest BCUT2D eigenvalue weighted by Crippen LogP contribution is -2.23. The Hall–Kier alpha value is -2.62. The monoisotopic (exact) mass is 295 g/mol. The number of carbonyl (C=O) groups excluding carboxylic acids is 2. The molecule has 0 radical (unpaired) electrons. The summed E-state index contributed by atoms with van der Waals surface area (Å²) in [6.07, 6.45) is 1.43. The average molecular weight is 295 g/mol. The van der Waals surface area contributed by atoms with Crippen LogP contribution in [0.25, 0.3) is 0 Å². The third-order valence-electron chi connectivity index (χ3n) is 3.68. The summed E-state index contributed by atoms with van der Waals surface area (Å²) in [5.74, 6) is -0.271. The van der Waals surface area contributed by atoms with E-state index in [9.17, 15) is 9.59 Å². The minimum atomic E-state index is -0.377. The van der Waals surface area contributed by atoms with Crippen molar-refractivity contribution in [1.82, 2.24) is 0 Å². The molecule has 0 atom stereocenters. The summed E-state index contributed by atoms with van der Waals surface area (Å²) >= 11 is 0. The van der Waals surface area contributed by atoms with E-state index in [1.54, 1.807) is 23.1 Å². The molecule has 0 unspecified atom stereocenters. The Morgan fingerprint density at radius 3 is 2.64 bits per heavy atom. The number of nitrogens with zero attached hydrogens (tertiary/aromatic N) is 1. The molecule has 1 aliphatic heterocycles. The van der Waals surface area contributed by atoms with Crippen molar-refractivity contribution >= 4 is 17.6 Å². The Labute approximate surface area is 129 Å². The minimum absolute atomic E-state index is 0.106. The number of rotatable bonds is 4. The molecular weight excluding hydrogens is 278 g/mol. The van der Waals surface area contributed by atoms with Gasteiger partial charge in [-0.1, -0.05) is 36.4 Å². The summed E-state index contributed by atoms with van der Waals surface area (Å²) in [5.41, 5.74) is 2.17. The highest BCUT2D eigenvalue weighted by Crippen LogP contribution is 2.22. The van der Waals surface area contributed by atoms with Crippen molar-refractivity contribution in [3.63, 3.8) is 0 Å². The zero-order valence-corrected chi connectivity index (χ0v) is 12.2. The van der Waals surface area contributed by atoms with Crippen molar-refractivity contribution < 1.29 is 14.3 Å². The van der Waals surface area contributed by atoms with Crippen LogP contribution in [0.4, 0.5) is 5.69 Å². The molecule has 3 rings (SSSR count). The number of anilines is 1. The van der Waals surface area contributed by atoms with Gasteiger partial charge in [0, 0.05) is 18.7 Å². The molecule has 112 valence electrons. The van der Waals surface area contributed by atoms with Crippen LogP contribution in [-0.2, 0) is 16.1 Å². The molecule has 0 N–H and O–H groups in total. The van der Waals surface area contributed by atoms with Crippen molar-refractivity contribution in [3.8, 4) is 0 Å². The van der Waals surface area contributed by atoms with E-state index in [2.05, 4.69) is 0 Å². The summed E-state index contributed by atoms with van der Waals surface area (Å²) in [4.78, 5) is 25.6. The molecule has 0 bridgehead atoms. The standard InChI is InChI=1S/C18H17NO3/c20-17-10-5-11-19(17)16-9-4-8-15(12-16)18(21)22-13-14-6-2-1-3-7-14/h1-4,6-9,12H,5,10-11,13H2. The Morgan fingerprint density at radius 1 is 1.09 bits per heavy atom. The summed E-state index contributed by atoms with van der Waals surface area (Å²) < 4.78 is 5.32. The highest BCUT2D eigenvalue weighted by Gasteiger charge is 2.22. The summed E-state index contributed by atoms with van der Waals surface area (Å²) in [5, 5.41) is 0. The fraction of sp³-hybridized carbons (Fsp3) is 0.222. The highest BCUT2D eigenvalue weighted by atomic mass is 16.5. The Morgan fingerprint density at radius 2 is 1.91 bits per heavy atom. The zero-order chi connectivity index (χ0) is 15.4. The lowest BCUT2D eigenvalue weighted by molar-refractivity contribution is -0.117. The molecule has 1 fully saturated rings. The smallest absolute Gasteiger partial charge is 0.338 e. The van der Waals surface area contributed by atoms with Crippen molar-refractivity contribution in [2.45, 2.75) is 19.4 Å². The molecule has 1 heterocycles. The number of hydrogen-bond donors (Lipinski definition) is 0. The number of benzene rings is 2. The van der Waals surface area contributed by atoms with Crippen LogP contribution in [0.3, 0.4) is 0 Å². The molecule has 22 heavy (non-hydrogen) atoms. The molecule has 4 heteroatoms. The van der Waals surface area contributed by atoms with Crippen molar-refractivity contribution in [1.29, 1.82) is 0 Å². The first-order valence-electron chi connectivity index (χ1n) is 7.35. The van der Waals surface area contributed by atoms with Gasteiger partial charge in [0.05, 0.1) is 5.56 Å². The fourth-order valence-corrected chi connectivity index (χ4v) is 2.53. The molecule has 2 aromatic carbocycles. The fourth-order valence-electron chi connectivity index (χ4n) is 2.53. The Balaban J connectivity index is 1.69. The van der Waals surface area contributed by atoms with E-state index in [4.69, 9.17) is 4.74 Å². The van der Waals surface area contributed by atoms with Gasteiger partial charge in [0.1, 0.15) is 6.61 Å². The number of ether oxygens (including phenoxy) is 1. The SMILES string of the molecule is O=C(OCc1ccccc1)c1cccc(N2CCCC2=O)c1. The van der Waals surface area contributed by atoms with Gasteiger partial charge in [-0.2, -0.15) is 0 Å². The van der Waals surface area contributed by atoms with Crippen LogP contribution in [0.2, 0.25) is 0 Å². The van der Waals surface area contributed by atoms with E-state index in [1.807, 2.05) is 36.4 Å². The van der Waals surface area contributed by atoms with Crippen molar-refractivity contribution in [2.24, 2.45) is 0 Å². The topological polar surface area (TPSA) is 46.6 Å². The zero-order valence-electron chi connectivity index (χ0n) is 12.2. The molecule has 1 amide bonds. The van der Waals surface area contributed by atoms with Crippen molar-refractivity contribution in [2.75, 3.05) is 11.4 Å². The van der Waals surface area contributed by atoms with Gasteiger partial charge >= 0.3 is 5.97 Å². The average Bonchev–Trinajstić information content (AvgIpc) is 3.00. The predicted octanol–water partition coefficient (Wildman–Crippen LogP) is 3.17. The molecule has 0 spiro atoms. The van der Waals surface area contributed by atoms with Crippen LogP contribution in [0, 0.1) is 0 Å². The number of amides is 1. The minimum Gasteiger partial charge on any atom is -0.457 e. The maximum atomic E-state index is 12.1. The van der Waals surface area contributed by atoms with E-state index in [1.165, 1.54) is 0 Å². The van der Waals surface area contributed by atoms with Crippen LogP contribution < -0.4 is 4.90 Å². The number of carbonyl (C=O) groups is 2. The molecule has 0 saturated carbocycles. The van der Waals surface area contributed by atoms with Gasteiger partial charge in [0.15, 0.2) is 0 Å². The third-order valence-corrected chi connectivity index (χ3v) is 3.68. The van der Waals surface area contributed by atoms with Gasteiger partial charge in [-0.25, -0.2) is 4.79 Å². The first kappa shape index (κ1) is 14.3. The largest absolute Gasteiger partial charge is 0.457 e. The van der Waals surface area contributed by atoms with E-state index >= 15 is 0 Å². The second-order valence-corrected chi connectivity index (χ2v) is 5.26. The first-order valence-corrected chi connectivity index (χ1v) is 7.35. The van der Waals surface area contributed by atoms with E-state index in [0.29, 0.717) is 18.5 Å². The van der Waals surface area contributed by atoms with Gasteiger partial charge < -0.3 is 9.64 Å². The number of hydrogen-bond acceptors (Lipinski definition) is 3. The molecule has 1 aliphatic rings. The quantitative estimate of drug-likeness (QED) is 0.814. The van der Waals surface area contributed by atoms with Gasteiger partial charge in [0.25, 0.3) is 0 Å². The number of esters is 1. The highest BCUT2D eigenvalue weighted by molar-refractivity contribution is 5.97. The van der Waals surface area contributed by atoms with Crippen LogP contribution in [0.5, 0.6) is 0 Å². The van der Waals surface area contributed by atoms with Crippen LogP contribution in [0.1, 0.15) is 28.8 Å². The molecule has 0 aliphatic carbocycles. The molecule has 4 nitrogen and oxygen atoms in total. The van der Waals surface area contributed by atoms with Crippen LogP contribution >= 0.6 is 0 Å². The third kappa shape index (κ3) is 3.17. The maximum absolute atomic E-state index is 12.1. The van der Waals surface area contributed by atoms with Gasteiger partial charge in [-0.3, -0.25) is 4.79 Å². The Kier molecular flexibility index (Phi) is 4.19. The first-order chi connectivity index (χ1) is 10.7. The molecular formula is C18H17NO3. The van der Waals surface area contributed by atoms with Crippen LogP contribution in [-0.4, -0.2) is 18.4 Å². The van der Waals surface area contributed by atoms with Gasteiger partial charge in [-0.15, -0.1) is 0 Å². The lowest BCUT2D eigenvalue weighted by atomic mass is 10.2. The Bertz CT molecular complexity index is 682. The lowest BCUT2D eigenvalue weighted by Gasteiger charge is -2.16. The van der Waals surface area contributed by atoms with Gasteiger partial charge in [-0.05, 0) is 30.2 Å². The summed E-state index contributed by atoms with van der Waals surface area (Å²) in [6, 6.07) is 16.6. The van der Waals surface area contributed by atoms with E-state index in [-0.39, 0.29) is 18.5 Å². The van der Waals surface area contributed by atoms with E-state index in [0.717, 1.165) is 17.7 Å².